The van der Waals surface area contributed by atoms with Gasteiger partial charge in [-0.15, -0.1) is 0 Å². The van der Waals surface area contributed by atoms with Gasteiger partial charge in [0.2, 0.25) is 0 Å². The van der Waals surface area contributed by atoms with Crippen LogP contribution < -0.4 is 19.3 Å². The molecule has 0 unspecified atom stereocenters. The van der Waals surface area contributed by atoms with E-state index in [1.807, 2.05) is 74.5 Å². The monoisotopic (exact) mass is 576 g/mol. The molecule has 4 aromatic carbocycles. The molecular weight excluding hydrogens is 547 g/mol. The van der Waals surface area contributed by atoms with Gasteiger partial charge in [0.25, 0.3) is 11.8 Å². The second-order valence-electron chi connectivity index (χ2n) is 9.16. The van der Waals surface area contributed by atoms with Crippen molar-refractivity contribution in [3.8, 4) is 11.5 Å². The number of carbonyl (C=O) groups is 2. The largest absolute Gasteiger partial charge is 0.483 e. The summed E-state index contributed by atoms with van der Waals surface area (Å²) in [7, 11) is 0. The number of amides is 2. The van der Waals surface area contributed by atoms with Gasteiger partial charge in [-0.2, -0.15) is 0 Å². The first-order valence-corrected chi connectivity index (χ1v) is 13.6. The van der Waals surface area contributed by atoms with E-state index in [4.69, 9.17) is 32.7 Å². The van der Waals surface area contributed by atoms with Crippen LogP contribution in [0.4, 0.5) is 11.4 Å². The van der Waals surface area contributed by atoms with Gasteiger partial charge in [0.05, 0.1) is 0 Å². The van der Waals surface area contributed by atoms with Crippen LogP contribution >= 0.6 is 23.2 Å². The Hall–Kier alpha value is -4.00. The van der Waals surface area contributed by atoms with Gasteiger partial charge in [0.1, 0.15) is 11.5 Å². The molecule has 206 valence electrons. The van der Waals surface area contributed by atoms with Crippen LogP contribution in [0, 0.1) is 13.8 Å². The Labute approximate surface area is 244 Å². The van der Waals surface area contributed by atoms with Crippen molar-refractivity contribution in [1.29, 1.82) is 0 Å². The van der Waals surface area contributed by atoms with E-state index in [9.17, 15) is 9.59 Å². The highest BCUT2D eigenvalue weighted by atomic mass is 35.5. The third-order valence-electron chi connectivity index (χ3n) is 6.26. The van der Waals surface area contributed by atoms with Crippen LogP contribution in [0.25, 0.3) is 0 Å². The summed E-state index contributed by atoms with van der Waals surface area (Å²) >= 11 is 12.1. The van der Waals surface area contributed by atoms with Crippen molar-refractivity contribution in [2.45, 2.75) is 13.8 Å². The van der Waals surface area contributed by atoms with Crippen molar-refractivity contribution in [3.05, 3.63) is 118 Å². The van der Waals surface area contributed by atoms with Crippen LogP contribution in [-0.2, 0) is 9.59 Å². The van der Waals surface area contributed by atoms with Crippen molar-refractivity contribution < 1.29 is 19.1 Å². The van der Waals surface area contributed by atoms with Crippen LogP contribution in [0.2, 0.25) is 10.0 Å². The summed E-state index contributed by atoms with van der Waals surface area (Å²) in [6, 6.07) is 29.1. The zero-order valence-corrected chi connectivity index (χ0v) is 23.9. The summed E-state index contributed by atoms with van der Waals surface area (Å²) in [5.74, 6) is 0.686. The minimum Gasteiger partial charge on any atom is -0.483 e. The van der Waals surface area contributed by atoms with Crippen LogP contribution in [0.3, 0.4) is 0 Å². The zero-order chi connectivity index (χ0) is 28.5. The van der Waals surface area contributed by atoms with Gasteiger partial charge < -0.3 is 19.3 Å². The molecule has 6 nitrogen and oxygen atoms in total. The van der Waals surface area contributed by atoms with Gasteiger partial charge in [-0.25, -0.2) is 0 Å². The molecule has 0 fully saturated rings. The highest BCUT2D eigenvalue weighted by molar-refractivity contribution is 6.31. The molecule has 40 heavy (non-hydrogen) atoms. The fourth-order valence-electron chi connectivity index (χ4n) is 4.20. The molecule has 4 aromatic rings. The number of hydrogen-bond donors (Lipinski definition) is 0. The molecule has 4 rings (SSSR count). The number of halogens is 2. The summed E-state index contributed by atoms with van der Waals surface area (Å²) in [5, 5.41) is 1.20. The maximum atomic E-state index is 13.4. The van der Waals surface area contributed by atoms with Gasteiger partial charge in [0, 0.05) is 34.5 Å². The molecule has 0 saturated carbocycles. The smallest absolute Gasteiger partial charge is 0.264 e. The van der Waals surface area contributed by atoms with Gasteiger partial charge in [0.15, 0.2) is 13.2 Å². The van der Waals surface area contributed by atoms with E-state index >= 15 is 0 Å². The van der Waals surface area contributed by atoms with Gasteiger partial charge in [-0.05, 0) is 85.6 Å². The molecular formula is C32H30Cl2N2O4. The van der Waals surface area contributed by atoms with E-state index in [1.165, 1.54) is 0 Å². The Morgan fingerprint density at radius 2 is 0.975 bits per heavy atom. The number of carbonyl (C=O) groups excluding carboxylic acids is 2. The lowest BCUT2D eigenvalue weighted by Crippen LogP contribution is -2.44. The number of aryl methyl sites for hydroxylation is 2. The number of ether oxygens (including phenoxy) is 2. The maximum absolute atomic E-state index is 13.4. The Kier molecular flexibility index (Phi) is 10.1. The first-order chi connectivity index (χ1) is 19.3. The molecule has 2 amide bonds. The molecule has 0 N–H and O–H groups in total. The summed E-state index contributed by atoms with van der Waals surface area (Å²) < 4.78 is 11.7. The SMILES string of the molecule is Cc1cc(Cl)ccc1OCC(=O)N(CCN(C(=O)COc1ccc(Cl)cc1C)c1ccccc1)c1ccccc1. The average Bonchev–Trinajstić information content (AvgIpc) is 2.95. The summed E-state index contributed by atoms with van der Waals surface area (Å²) in [5.41, 5.74) is 3.08. The van der Waals surface area contributed by atoms with Crippen molar-refractivity contribution in [2.75, 3.05) is 36.1 Å². The Morgan fingerprint density at radius 1 is 0.600 bits per heavy atom. The second kappa shape index (κ2) is 13.9. The molecule has 0 bridgehead atoms. The minimum absolute atomic E-state index is 0.171. The van der Waals surface area contributed by atoms with Gasteiger partial charge >= 0.3 is 0 Å². The van der Waals surface area contributed by atoms with Crippen molar-refractivity contribution in [3.63, 3.8) is 0 Å². The maximum Gasteiger partial charge on any atom is 0.264 e. The zero-order valence-electron chi connectivity index (χ0n) is 22.3. The highest BCUT2D eigenvalue weighted by Crippen LogP contribution is 2.24. The molecule has 0 radical (unpaired) electrons. The molecule has 0 aliphatic heterocycles. The molecule has 0 saturated heterocycles. The first-order valence-electron chi connectivity index (χ1n) is 12.8. The van der Waals surface area contributed by atoms with Gasteiger partial charge in [-0.3, -0.25) is 9.59 Å². The number of anilines is 2. The standard InChI is InChI=1S/C32H30Cl2N2O4/c1-23-19-25(33)13-15-29(23)39-21-31(37)35(27-9-5-3-6-10-27)17-18-36(28-11-7-4-8-12-28)32(38)22-40-30-16-14-26(34)20-24(30)2/h3-16,19-20H,17-18,21-22H2,1-2H3. The van der Waals surface area contributed by atoms with E-state index in [1.54, 1.807) is 46.2 Å². The topological polar surface area (TPSA) is 59.1 Å². The number of rotatable bonds is 11. The predicted molar refractivity (Wildman–Crippen MR) is 161 cm³/mol. The van der Waals surface area contributed by atoms with Crippen molar-refractivity contribution in [1.82, 2.24) is 0 Å². The van der Waals surface area contributed by atoms with E-state index in [0.717, 1.165) is 11.1 Å². The van der Waals surface area contributed by atoms with E-state index in [0.29, 0.717) is 32.9 Å². The molecule has 0 atom stereocenters. The Morgan fingerprint density at radius 3 is 1.32 bits per heavy atom. The van der Waals surface area contributed by atoms with E-state index < -0.39 is 0 Å². The molecule has 0 heterocycles. The first kappa shape index (κ1) is 29.0. The second-order valence-corrected chi connectivity index (χ2v) is 10.0. The van der Waals surface area contributed by atoms with Crippen LogP contribution in [-0.4, -0.2) is 38.1 Å². The van der Waals surface area contributed by atoms with Crippen molar-refractivity contribution in [2.24, 2.45) is 0 Å². The Balaban J connectivity index is 1.50. The van der Waals surface area contributed by atoms with E-state index in [2.05, 4.69) is 0 Å². The fraction of sp³-hybridized carbons (Fsp3) is 0.188. The molecule has 0 spiro atoms. The normalized spacial score (nSPS) is 10.6. The average molecular weight is 578 g/mol. The third kappa shape index (κ3) is 7.78. The summed E-state index contributed by atoms with van der Waals surface area (Å²) in [6.45, 7) is 3.89. The van der Waals surface area contributed by atoms with Crippen molar-refractivity contribution >= 4 is 46.4 Å². The highest BCUT2D eigenvalue weighted by Gasteiger charge is 2.22. The number of benzene rings is 4. The third-order valence-corrected chi connectivity index (χ3v) is 6.73. The predicted octanol–water partition coefficient (Wildman–Crippen LogP) is 7.13. The van der Waals surface area contributed by atoms with Crippen LogP contribution in [0.15, 0.2) is 97.1 Å². The minimum atomic E-state index is -0.242. The number of para-hydroxylation sites is 2. The number of hydrogen-bond acceptors (Lipinski definition) is 4. The number of nitrogens with zero attached hydrogens (tertiary/aromatic N) is 2. The van der Waals surface area contributed by atoms with E-state index in [-0.39, 0.29) is 38.1 Å². The molecule has 0 aromatic heterocycles. The lowest BCUT2D eigenvalue weighted by atomic mass is 10.2. The molecule has 0 aliphatic rings. The fourth-order valence-corrected chi connectivity index (χ4v) is 4.65. The van der Waals surface area contributed by atoms with Gasteiger partial charge in [-0.1, -0.05) is 59.6 Å². The van der Waals surface area contributed by atoms with Crippen LogP contribution in [0.1, 0.15) is 11.1 Å². The Bertz CT molecular complexity index is 1340. The lowest BCUT2D eigenvalue weighted by Gasteiger charge is -2.28. The summed E-state index contributed by atoms with van der Waals surface area (Å²) in [4.78, 5) is 30.1. The lowest BCUT2D eigenvalue weighted by molar-refractivity contribution is -0.122. The summed E-state index contributed by atoms with van der Waals surface area (Å²) in [6.07, 6.45) is 0. The van der Waals surface area contributed by atoms with Crippen LogP contribution in [0.5, 0.6) is 11.5 Å². The molecule has 8 heteroatoms. The molecule has 0 aliphatic carbocycles. The quantitative estimate of drug-likeness (QED) is 0.190.